The standard InChI is InChI=1S/C32H31BrClN3O5S/c1-35-32(39)29(19-23-10-5-3-6-11-23)36(21-24-12-9-13-25(33)18-24)31(38)22-37(26-16-17-30(42-2)28(34)20-26)43(40,41)27-14-7-4-8-15-27/h3-18,20,29H,19,21-22H2,1-2H3,(H,35,39)/t29-/m0/s1. The lowest BCUT2D eigenvalue weighted by Gasteiger charge is -2.33. The van der Waals surface area contributed by atoms with Crippen molar-refractivity contribution >= 4 is 55.1 Å². The van der Waals surface area contributed by atoms with Gasteiger partial charge in [0.1, 0.15) is 18.3 Å². The molecule has 0 saturated carbocycles. The number of anilines is 1. The second kappa shape index (κ2) is 14.5. The van der Waals surface area contributed by atoms with Crippen molar-refractivity contribution in [3.63, 3.8) is 0 Å². The zero-order valence-corrected chi connectivity index (χ0v) is 26.8. The minimum absolute atomic E-state index is 0.000386. The predicted octanol–water partition coefficient (Wildman–Crippen LogP) is 5.69. The number of nitrogens with one attached hydrogen (secondary N) is 1. The molecule has 224 valence electrons. The number of carbonyl (C=O) groups is 2. The van der Waals surface area contributed by atoms with E-state index in [1.165, 1.54) is 49.4 Å². The van der Waals surface area contributed by atoms with Gasteiger partial charge >= 0.3 is 0 Å². The number of halogens is 2. The van der Waals surface area contributed by atoms with Crippen LogP contribution in [0, 0.1) is 0 Å². The molecule has 4 rings (SSSR count). The maximum absolute atomic E-state index is 14.3. The number of ether oxygens (including phenoxy) is 1. The molecule has 43 heavy (non-hydrogen) atoms. The summed E-state index contributed by atoms with van der Waals surface area (Å²) in [5.74, 6) is -0.597. The number of sulfonamides is 1. The third-order valence-corrected chi connectivity index (χ3v) is 9.37. The molecule has 0 heterocycles. The van der Waals surface area contributed by atoms with E-state index in [1.807, 2.05) is 54.6 Å². The van der Waals surface area contributed by atoms with E-state index in [4.69, 9.17) is 16.3 Å². The van der Waals surface area contributed by atoms with Gasteiger partial charge in [-0.05, 0) is 53.6 Å². The van der Waals surface area contributed by atoms with Gasteiger partial charge in [-0.2, -0.15) is 0 Å². The van der Waals surface area contributed by atoms with Crippen LogP contribution in [0.1, 0.15) is 11.1 Å². The van der Waals surface area contributed by atoms with Crippen molar-refractivity contribution in [2.24, 2.45) is 0 Å². The lowest BCUT2D eigenvalue weighted by Crippen LogP contribution is -2.53. The fourth-order valence-electron chi connectivity index (χ4n) is 4.61. The molecule has 0 aromatic heterocycles. The van der Waals surface area contributed by atoms with Crippen LogP contribution in [0.5, 0.6) is 5.75 Å². The van der Waals surface area contributed by atoms with Gasteiger partial charge in [0.15, 0.2) is 0 Å². The maximum Gasteiger partial charge on any atom is 0.264 e. The molecular formula is C32H31BrClN3O5S. The first-order valence-electron chi connectivity index (χ1n) is 13.3. The van der Waals surface area contributed by atoms with Gasteiger partial charge in [-0.1, -0.05) is 88.2 Å². The van der Waals surface area contributed by atoms with Crippen LogP contribution in [0.3, 0.4) is 0 Å². The van der Waals surface area contributed by atoms with Gasteiger partial charge in [-0.3, -0.25) is 13.9 Å². The van der Waals surface area contributed by atoms with Gasteiger partial charge in [0.25, 0.3) is 10.0 Å². The number of likely N-dealkylation sites (N-methyl/N-ethyl adjacent to an activating group) is 1. The zero-order chi connectivity index (χ0) is 31.0. The predicted molar refractivity (Wildman–Crippen MR) is 172 cm³/mol. The molecule has 1 N–H and O–H groups in total. The minimum Gasteiger partial charge on any atom is -0.495 e. The molecule has 4 aromatic carbocycles. The minimum atomic E-state index is -4.23. The highest BCUT2D eigenvalue weighted by molar-refractivity contribution is 9.10. The fourth-order valence-corrected chi connectivity index (χ4v) is 6.74. The molecule has 11 heteroatoms. The highest BCUT2D eigenvalue weighted by Crippen LogP contribution is 2.32. The van der Waals surface area contributed by atoms with Crippen molar-refractivity contribution in [2.45, 2.75) is 23.9 Å². The van der Waals surface area contributed by atoms with Crippen LogP contribution in [0.2, 0.25) is 5.02 Å². The Labute approximate surface area is 265 Å². The number of amides is 2. The van der Waals surface area contributed by atoms with Crippen LogP contribution in [0.15, 0.2) is 112 Å². The molecule has 0 aliphatic heterocycles. The molecule has 8 nitrogen and oxygen atoms in total. The van der Waals surface area contributed by atoms with Crippen molar-refractivity contribution < 1.29 is 22.7 Å². The summed E-state index contributed by atoms with van der Waals surface area (Å²) in [4.78, 5) is 29.1. The molecule has 0 saturated heterocycles. The van der Waals surface area contributed by atoms with Crippen LogP contribution in [-0.2, 0) is 32.6 Å². The summed E-state index contributed by atoms with van der Waals surface area (Å²) >= 11 is 9.86. The van der Waals surface area contributed by atoms with E-state index in [2.05, 4.69) is 21.2 Å². The topological polar surface area (TPSA) is 96.0 Å². The molecule has 4 aromatic rings. The van der Waals surface area contributed by atoms with E-state index in [1.54, 1.807) is 18.2 Å². The molecule has 0 unspecified atom stereocenters. The molecule has 0 aliphatic carbocycles. The summed E-state index contributed by atoms with van der Waals surface area (Å²) < 4.78 is 35.1. The summed E-state index contributed by atoms with van der Waals surface area (Å²) in [7, 11) is -1.27. The monoisotopic (exact) mass is 683 g/mol. The first-order chi connectivity index (χ1) is 20.6. The van der Waals surface area contributed by atoms with Crippen LogP contribution >= 0.6 is 27.5 Å². The summed E-state index contributed by atoms with van der Waals surface area (Å²) in [6, 6.07) is 28.1. The average molecular weight is 685 g/mol. The Hall–Kier alpha value is -3.86. The normalized spacial score (nSPS) is 11.8. The van der Waals surface area contributed by atoms with Crippen LogP contribution < -0.4 is 14.4 Å². The molecule has 1 atom stereocenters. The number of nitrogens with zero attached hydrogens (tertiary/aromatic N) is 2. The van der Waals surface area contributed by atoms with E-state index in [-0.39, 0.29) is 34.5 Å². The fraction of sp³-hybridized carbons (Fsp3) is 0.188. The SMILES string of the molecule is CNC(=O)[C@H](Cc1ccccc1)N(Cc1cccc(Br)c1)C(=O)CN(c1ccc(OC)c(Cl)c1)S(=O)(=O)c1ccccc1. The number of hydrogen-bond donors (Lipinski definition) is 1. The Kier molecular flexibility index (Phi) is 10.8. The summed E-state index contributed by atoms with van der Waals surface area (Å²) in [5, 5.41) is 2.85. The number of benzene rings is 4. The van der Waals surface area contributed by atoms with Crippen LogP contribution in [-0.4, -0.2) is 51.9 Å². The maximum atomic E-state index is 14.3. The second-order valence-corrected chi connectivity index (χ2v) is 12.8. The van der Waals surface area contributed by atoms with Crippen molar-refractivity contribution in [2.75, 3.05) is 25.0 Å². The van der Waals surface area contributed by atoms with Gasteiger partial charge in [-0.15, -0.1) is 0 Å². The van der Waals surface area contributed by atoms with Gasteiger partial charge < -0.3 is 15.0 Å². The quantitative estimate of drug-likeness (QED) is 0.207. The molecule has 2 amide bonds. The number of methoxy groups -OCH3 is 1. The van der Waals surface area contributed by atoms with Gasteiger partial charge in [0, 0.05) is 24.5 Å². The third-order valence-electron chi connectivity index (χ3n) is 6.79. The first kappa shape index (κ1) is 32.1. The van der Waals surface area contributed by atoms with Crippen molar-refractivity contribution in [3.05, 3.63) is 124 Å². The van der Waals surface area contributed by atoms with Gasteiger partial charge in [0.2, 0.25) is 11.8 Å². The Balaban J connectivity index is 1.80. The van der Waals surface area contributed by atoms with E-state index >= 15 is 0 Å². The lowest BCUT2D eigenvalue weighted by atomic mass is 10.0. The third kappa shape index (κ3) is 7.95. The largest absolute Gasteiger partial charge is 0.495 e. The molecule has 0 bridgehead atoms. The smallest absolute Gasteiger partial charge is 0.264 e. The van der Waals surface area contributed by atoms with Gasteiger partial charge in [0.05, 0.1) is 22.7 Å². The number of hydrogen-bond acceptors (Lipinski definition) is 5. The molecule has 0 fully saturated rings. The number of carbonyl (C=O) groups excluding carboxylic acids is 2. The van der Waals surface area contributed by atoms with Crippen molar-refractivity contribution in [3.8, 4) is 5.75 Å². The Bertz CT molecular complexity index is 1670. The molecule has 0 radical (unpaired) electrons. The molecular weight excluding hydrogens is 654 g/mol. The first-order valence-corrected chi connectivity index (χ1v) is 16.0. The van der Waals surface area contributed by atoms with Crippen LogP contribution in [0.4, 0.5) is 5.69 Å². The van der Waals surface area contributed by atoms with E-state index < -0.39 is 28.5 Å². The summed E-state index contributed by atoms with van der Waals surface area (Å²) in [6.07, 6.45) is 0.222. The summed E-state index contributed by atoms with van der Waals surface area (Å²) in [5.41, 5.74) is 1.78. The van der Waals surface area contributed by atoms with E-state index in [0.717, 1.165) is 19.9 Å². The van der Waals surface area contributed by atoms with Gasteiger partial charge in [-0.25, -0.2) is 8.42 Å². The average Bonchev–Trinajstić information content (AvgIpc) is 3.02. The van der Waals surface area contributed by atoms with E-state index in [0.29, 0.717) is 5.75 Å². The van der Waals surface area contributed by atoms with Crippen LogP contribution in [0.25, 0.3) is 0 Å². The Morgan fingerprint density at radius 3 is 2.16 bits per heavy atom. The zero-order valence-electron chi connectivity index (χ0n) is 23.6. The number of rotatable bonds is 12. The highest BCUT2D eigenvalue weighted by atomic mass is 79.9. The molecule has 0 aliphatic rings. The Morgan fingerprint density at radius 1 is 0.907 bits per heavy atom. The van der Waals surface area contributed by atoms with Crippen molar-refractivity contribution in [1.29, 1.82) is 0 Å². The lowest BCUT2D eigenvalue weighted by molar-refractivity contribution is -0.139. The Morgan fingerprint density at radius 2 is 1.56 bits per heavy atom. The van der Waals surface area contributed by atoms with E-state index in [9.17, 15) is 18.0 Å². The van der Waals surface area contributed by atoms with Crippen molar-refractivity contribution in [1.82, 2.24) is 10.2 Å². The second-order valence-electron chi connectivity index (χ2n) is 9.61. The highest BCUT2D eigenvalue weighted by Gasteiger charge is 2.34. The summed E-state index contributed by atoms with van der Waals surface area (Å²) in [6.45, 7) is -0.526. The molecule has 0 spiro atoms.